The Morgan fingerprint density at radius 3 is 2.29 bits per heavy atom. The fourth-order valence-electron chi connectivity index (χ4n) is 1.87. The zero-order valence-corrected chi connectivity index (χ0v) is 11.7. The molecular formula is C14H14N4O3. The number of benzene rings is 1. The summed E-state index contributed by atoms with van der Waals surface area (Å²) in [6.45, 7) is 3.64. The van der Waals surface area contributed by atoms with Gasteiger partial charge in [0, 0.05) is 23.5 Å². The van der Waals surface area contributed by atoms with Crippen molar-refractivity contribution in [3.63, 3.8) is 0 Å². The van der Waals surface area contributed by atoms with E-state index in [9.17, 15) is 14.9 Å². The van der Waals surface area contributed by atoms with E-state index < -0.39 is 4.92 Å². The highest BCUT2D eigenvalue weighted by Gasteiger charge is 2.09. The molecule has 0 radical (unpaired) electrons. The van der Waals surface area contributed by atoms with E-state index in [1.54, 1.807) is 12.1 Å². The van der Waals surface area contributed by atoms with Gasteiger partial charge in [0.25, 0.3) is 5.69 Å². The molecule has 108 valence electrons. The number of nitro benzene ring substituents is 1. The molecule has 0 saturated heterocycles. The minimum Gasteiger partial charge on any atom is -0.294 e. The Hall–Kier alpha value is -2.83. The van der Waals surface area contributed by atoms with Crippen molar-refractivity contribution < 1.29 is 9.72 Å². The summed E-state index contributed by atoms with van der Waals surface area (Å²) in [5.41, 5.74) is 2.22. The Balaban J connectivity index is 2.02. The normalized spacial score (nSPS) is 10.2. The van der Waals surface area contributed by atoms with E-state index in [1.165, 1.54) is 12.1 Å². The number of nitrogens with zero attached hydrogens (tertiary/aromatic N) is 3. The number of aryl methyl sites for hydroxylation is 2. The van der Waals surface area contributed by atoms with Crippen LogP contribution in [0.5, 0.6) is 0 Å². The van der Waals surface area contributed by atoms with Gasteiger partial charge < -0.3 is 0 Å². The van der Waals surface area contributed by atoms with Crippen LogP contribution in [0, 0.1) is 24.0 Å². The summed E-state index contributed by atoms with van der Waals surface area (Å²) >= 11 is 0. The number of anilines is 1. The van der Waals surface area contributed by atoms with Gasteiger partial charge in [-0.15, -0.1) is 0 Å². The van der Waals surface area contributed by atoms with Crippen molar-refractivity contribution in [3.8, 4) is 0 Å². The fraction of sp³-hybridized carbons (Fsp3) is 0.214. The minimum atomic E-state index is -0.479. The van der Waals surface area contributed by atoms with Crippen LogP contribution in [-0.4, -0.2) is 20.8 Å². The Kier molecular flexibility index (Phi) is 4.22. The van der Waals surface area contributed by atoms with E-state index in [0.29, 0.717) is 5.56 Å². The topological polar surface area (TPSA) is 98.0 Å². The van der Waals surface area contributed by atoms with Crippen LogP contribution in [0.1, 0.15) is 17.0 Å². The standard InChI is InChI=1S/C14H14N4O3/c1-9-7-10(2)16-14(15-9)17-13(19)8-11-3-5-12(6-4-11)18(20)21/h3-7H,8H2,1-2H3,(H,15,16,17,19). The lowest BCUT2D eigenvalue weighted by atomic mass is 10.1. The molecule has 1 aromatic heterocycles. The summed E-state index contributed by atoms with van der Waals surface area (Å²) in [4.78, 5) is 30.2. The number of nitrogens with one attached hydrogen (secondary N) is 1. The first-order valence-corrected chi connectivity index (χ1v) is 6.29. The van der Waals surface area contributed by atoms with Crippen LogP contribution < -0.4 is 5.32 Å². The number of hydrogen-bond donors (Lipinski definition) is 1. The van der Waals surface area contributed by atoms with Crippen LogP contribution in [0.25, 0.3) is 0 Å². The second-order valence-electron chi connectivity index (χ2n) is 4.62. The van der Waals surface area contributed by atoms with Crippen molar-refractivity contribution in [1.29, 1.82) is 0 Å². The summed E-state index contributed by atoms with van der Waals surface area (Å²) in [7, 11) is 0. The van der Waals surface area contributed by atoms with E-state index >= 15 is 0 Å². The Morgan fingerprint density at radius 2 is 1.76 bits per heavy atom. The Bertz CT molecular complexity index is 663. The van der Waals surface area contributed by atoms with Gasteiger partial charge in [0.15, 0.2) is 0 Å². The smallest absolute Gasteiger partial charge is 0.269 e. The van der Waals surface area contributed by atoms with Crippen LogP contribution in [-0.2, 0) is 11.2 Å². The zero-order chi connectivity index (χ0) is 15.4. The van der Waals surface area contributed by atoms with Crippen molar-refractivity contribution >= 4 is 17.5 Å². The van der Waals surface area contributed by atoms with Crippen molar-refractivity contribution in [2.45, 2.75) is 20.3 Å². The summed E-state index contributed by atoms with van der Waals surface area (Å²) in [6, 6.07) is 7.66. The molecule has 0 atom stereocenters. The average Bonchev–Trinajstić information content (AvgIpc) is 2.37. The van der Waals surface area contributed by atoms with Crippen molar-refractivity contribution in [2.75, 3.05) is 5.32 Å². The van der Waals surface area contributed by atoms with E-state index in [-0.39, 0.29) is 24.0 Å². The number of aromatic nitrogens is 2. The number of amides is 1. The molecule has 7 heteroatoms. The van der Waals surface area contributed by atoms with Gasteiger partial charge in [-0.3, -0.25) is 20.2 Å². The van der Waals surface area contributed by atoms with Gasteiger partial charge in [0.1, 0.15) is 0 Å². The predicted octanol–water partition coefficient (Wildman–Crippen LogP) is 2.18. The summed E-state index contributed by atoms with van der Waals surface area (Å²) in [5.74, 6) is -0.00624. The molecule has 7 nitrogen and oxygen atoms in total. The summed E-state index contributed by atoms with van der Waals surface area (Å²) in [6.07, 6.45) is 0.105. The largest absolute Gasteiger partial charge is 0.294 e. The summed E-state index contributed by atoms with van der Waals surface area (Å²) in [5, 5.41) is 13.2. The van der Waals surface area contributed by atoms with Gasteiger partial charge in [-0.05, 0) is 25.5 Å². The average molecular weight is 286 g/mol. The van der Waals surface area contributed by atoms with Crippen LogP contribution in [0.15, 0.2) is 30.3 Å². The fourth-order valence-corrected chi connectivity index (χ4v) is 1.87. The highest BCUT2D eigenvalue weighted by Crippen LogP contribution is 2.12. The maximum Gasteiger partial charge on any atom is 0.269 e. The molecule has 0 bridgehead atoms. The minimum absolute atomic E-state index is 0.00296. The molecule has 1 aromatic carbocycles. The third kappa shape index (κ3) is 4.07. The van der Waals surface area contributed by atoms with Gasteiger partial charge in [-0.2, -0.15) is 0 Å². The third-order valence-corrected chi connectivity index (χ3v) is 2.75. The lowest BCUT2D eigenvalue weighted by Gasteiger charge is -2.05. The lowest BCUT2D eigenvalue weighted by molar-refractivity contribution is -0.384. The number of non-ortho nitro benzene ring substituents is 1. The molecule has 0 aliphatic heterocycles. The van der Waals surface area contributed by atoms with Gasteiger partial charge in [0.2, 0.25) is 11.9 Å². The van der Waals surface area contributed by atoms with Crippen LogP contribution >= 0.6 is 0 Å². The molecule has 1 amide bonds. The van der Waals surface area contributed by atoms with Crippen molar-refractivity contribution in [1.82, 2.24) is 9.97 Å². The van der Waals surface area contributed by atoms with Crippen LogP contribution in [0.3, 0.4) is 0 Å². The molecule has 0 aliphatic rings. The third-order valence-electron chi connectivity index (χ3n) is 2.75. The quantitative estimate of drug-likeness (QED) is 0.686. The number of hydrogen-bond acceptors (Lipinski definition) is 5. The Labute approximate surface area is 121 Å². The molecule has 0 spiro atoms. The van der Waals surface area contributed by atoms with Crippen LogP contribution in [0.2, 0.25) is 0 Å². The van der Waals surface area contributed by atoms with E-state index in [2.05, 4.69) is 15.3 Å². The number of nitro groups is 1. The van der Waals surface area contributed by atoms with Crippen molar-refractivity contribution in [3.05, 3.63) is 57.4 Å². The number of carbonyl (C=O) groups is 1. The SMILES string of the molecule is Cc1cc(C)nc(NC(=O)Cc2ccc([N+](=O)[O-])cc2)n1. The monoisotopic (exact) mass is 286 g/mol. The maximum atomic E-state index is 11.9. The molecule has 2 rings (SSSR count). The maximum absolute atomic E-state index is 11.9. The van der Waals surface area contributed by atoms with Gasteiger partial charge in [-0.1, -0.05) is 12.1 Å². The van der Waals surface area contributed by atoms with Gasteiger partial charge in [-0.25, -0.2) is 9.97 Å². The highest BCUT2D eigenvalue weighted by atomic mass is 16.6. The van der Waals surface area contributed by atoms with Gasteiger partial charge in [0.05, 0.1) is 11.3 Å². The first-order chi connectivity index (χ1) is 9.94. The first kappa shape index (κ1) is 14.6. The van der Waals surface area contributed by atoms with Crippen LogP contribution in [0.4, 0.5) is 11.6 Å². The zero-order valence-electron chi connectivity index (χ0n) is 11.7. The molecule has 2 aromatic rings. The molecule has 1 N–H and O–H groups in total. The van der Waals surface area contributed by atoms with E-state index in [4.69, 9.17) is 0 Å². The lowest BCUT2D eigenvalue weighted by Crippen LogP contribution is -2.17. The van der Waals surface area contributed by atoms with Gasteiger partial charge >= 0.3 is 0 Å². The predicted molar refractivity (Wildman–Crippen MR) is 76.9 cm³/mol. The summed E-state index contributed by atoms with van der Waals surface area (Å²) < 4.78 is 0. The first-order valence-electron chi connectivity index (χ1n) is 6.29. The van der Waals surface area contributed by atoms with E-state index in [0.717, 1.165) is 11.4 Å². The second-order valence-corrected chi connectivity index (χ2v) is 4.62. The molecule has 0 aliphatic carbocycles. The number of carbonyl (C=O) groups excluding carboxylic acids is 1. The Morgan fingerprint density at radius 1 is 1.19 bits per heavy atom. The highest BCUT2D eigenvalue weighted by molar-refractivity contribution is 5.90. The second kappa shape index (κ2) is 6.08. The van der Waals surface area contributed by atoms with E-state index in [1.807, 2.05) is 19.9 Å². The molecule has 0 unspecified atom stereocenters. The van der Waals surface area contributed by atoms with Crippen molar-refractivity contribution in [2.24, 2.45) is 0 Å². The molecule has 1 heterocycles. The molecule has 21 heavy (non-hydrogen) atoms. The molecular weight excluding hydrogens is 272 g/mol. The molecule has 0 saturated carbocycles. The molecule has 0 fully saturated rings. The number of rotatable bonds is 4.